The molecule has 3 heteroatoms. The lowest BCUT2D eigenvalue weighted by Crippen LogP contribution is -2.38. The molecule has 1 fully saturated rings. The first kappa shape index (κ1) is 12.1. The molecule has 2 unspecified atom stereocenters. The third-order valence-electron chi connectivity index (χ3n) is 4.01. The summed E-state index contributed by atoms with van der Waals surface area (Å²) in [7, 11) is 0. The SMILES string of the molecule is CCC1(c2ccc(C)cc2)CNCC1C(=O)O. The van der Waals surface area contributed by atoms with E-state index < -0.39 is 5.97 Å². The van der Waals surface area contributed by atoms with Gasteiger partial charge in [0.1, 0.15) is 0 Å². The van der Waals surface area contributed by atoms with Crippen molar-refractivity contribution in [2.24, 2.45) is 5.92 Å². The Morgan fingerprint density at radius 3 is 2.65 bits per heavy atom. The molecule has 0 radical (unpaired) electrons. The number of aliphatic carboxylic acids is 1. The Hall–Kier alpha value is -1.35. The summed E-state index contributed by atoms with van der Waals surface area (Å²) >= 11 is 0. The Morgan fingerprint density at radius 1 is 1.47 bits per heavy atom. The second-order valence-electron chi connectivity index (χ2n) is 4.90. The molecule has 2 atom stereocenters. The largest absolute Gasteiger partial charge is 0.481 e. The van der Waals surface area contributed by atoms with Crippen molar-refractivity contribution in [3.63, 3.8) is 0 Å². The van der Waals surface area contributed by atoms with Gasteiger partial charge < -0.3 is 10.4 Å². The van der Waals surface area contributed by atoms with Crippen LogP contribution in [0.4, 0.5) is 0 Å². The first-order valence-electron chi connectivity index (χ1n) is 6.11. The zero-order valence-corrected chi connectivity index (χ0v) is 10.4. The topological polar surface area (TPSA) is 49.3 Å². The predicted octanol–water partition coefficient (Wildman–Crippen LogP) is 1.95. The van der Waals surface area contributed by atoms with E-state index in [9.17, 15) is 9.90 Å². The van der Waals surface area contributed by atoms with Crippen molar-refractivity contribution in [1.82, 2.24) is 5.32 Å². The van der Waals surface area contributed by atoms with Crippen LogP contribution >= 0.6 is 0 Å². The molecule has 0 saturated carbocycles. The number of carboxylic acids is 1. The summed E-state index contributed by atoms with van der Waals surface area (Å²) < 4.78 is 0. The Labute approximate surface area is 102 Å². The predicted molar refractivity (Wildman–Crippen MR) is 67.1 cm³/mol. The maximum Gasteiger partial charge on any atom is 0.308 e. The molecule has 1 saturated heterocycles. The van der Waals surface area contributed by atoms with E-state index in [1.807, 2.05) is 6.92 Å². The van der Waals surface area contributed by atoms with E-state index in [1.54, 1.807) is 0 Å². The fourth-order valence-electron chi connectivity index (χ4n) is 2.85. The van der Waals surface area contributed by atoms with Crippen LogP contribution < -0.4 is 5.32 Å². The minimum atomic E-state index is -0.697. The standard InChI is InChI=1S/C14H19NO2/c1-3-14(9-15-8-12(14)13(16)17)11-6-4-10(2)5-7-11/h4-7,12,15H,3,8-9H2,1-2H3,(H,16,17). The molecule has 0 aromatic heterocycles. The van der Waals surface area contributed by atoms with Crippen LogP contribution in [0.2, 0.25) is 0 Å². The summed E-state index contributed by atoms with van der Waals surface area (Å²) in [5, 5.41) is 12.6. The highest BCUT2D eigenvalue weighted by Gasteiger charge is 2.46. The van der Waals surface area contributed by atoms with Crippen LogP contribution in [0.5, 0.6) is 0 Å². The van der Waals surface area contributed by atoms with Gasteiger partial charge in [-0.3, -0.25) is 4.79 Å². The number of hydrogen-bond donors (Lipinski definition) is 2. The van der Waals surface area contributed by atoms with Gasteiger partial charge in [-0.15, -0.1) is 0 Å². The van der Waals surface area contributed by atoms with Gasteiger partial charge in [0, 0.05) is 18.5 Å². The first-order valence-corrected chi connectivity index (χ1v) is 6.11. The van der Waals surface area contributed by atoms with Gasteiger partial charge in [-0.2, -0.15) is 0 Å². The third-order valence-corrected chi connectivity index (χ3v) is 4.01. The molecule has 1 aliphatic rings. The normalized spacial score (nSPS) is 28.2. The Balaban J connectivity index is 2.43. The summed E-state index contributed by atoms with van der Waals surface area (Å²) in [6.07, 6.45) is 0.847. The van der Waals surface area contributed by atoms with Crippen LogP contribution in [0, 0.1) is 12.8 Å². The summed E-state index contributed by atoms with van der Waals surface area (Å²) in [6, 6.07) is 8.26. The van der Waals surface area contributed by atoms with E-state index in [0.29, 0.717) is 6.54 Å². The fraction of sp³-hybridized carbons (Fsp3) is 0.500. The number of benzene rings is 1. The number of carbonyl (C=O) groups is 1. The molecule has 2 N–H and O–H groups in total. The second-order valence-corrected chi connectivity index (χ2v) is 4.90. The number of nitrogens with one attached hydrogen (secondary N) is 1. The molecule has 2 rings (SSSR count). The Kier molecular flexibility index (Phi) is 3.20. The summed E-state index contributed by atoms with van der Waals surface area (Å²) in [4.78, 5) is 11.4. The Morgan fingerprint density at radius 2 is 2.12 bits per heavy atom. The van der Waals surface area contributed by atoms with Gasteiger partial charge >= 0.3 is 5.97 Å². The highest BCUT2D eigenvalue weighted by Crippen LogP contribution is 2.38. The van der Waals surface area contributed by atoms with Crippen LogP contribution in [0.15, 0.2) is 24.3 Å². The molecule has 0 bridgehead atoms. The van der Waals surface area contributed by atoms with E-state index >= 15 is 0 Å². The molecule has 0 spiro atoms. The number of hydrogen-bond acceptors (Lipinski definition) is 2. The number of carboxylic acid groups (broad SMARTS) is 1. The number of rotatable bonds is 3. The van der Waals surface area contributed by atoms with Crippen molar-refractivity contribution >= 4 is 5.97 Å². The minimum absolute atomic E-state index is 0.250. The monoisotopic (exact) mass is 233 g/mol. The lowest BCUT2D eigenvalue weighted by Gasteiger charge is -2.32. The molecule has 1 heterocycles. The second kappa shape index (κ2) is 4.49. The van der Waals surface area contributed by atoms with E-state index in [4.69, 9.17) is 0 Å². The molecule has 1 aromatic carbocycles. The summed E-state index contributed by atoms with van der Waals surface area (Å²) in [5.41, 5.74) is 2.10. The highest BCUT2D eigenvalue weighted by atomic mass is 16.4. The van der Waals surface area contributed by atoms with Gasteiger partial charge in [-0.05, 0) is 18.9 Å². The van der Waals surface area contributed by atoms with E-state index in [2.05, 4.69) is 36.5 Å². The lowest BCUT2D eigenvalue weighted by molar-refractivity contribution is -0.143. The van der Waals surface area contributed by atoms with Crippen LogP contribution in [0.1, 0.15) is 24.5 Å². The fourth-order valence-corrected chi connectivity index (χ4v) is 2.85. The summed E-state index contributed by atoms with van der Waals surface area (Å²) in [6.45, 7) is 5.44. The van der Waals surface area contributed by atoms with Gasteiger partial charge in [0.15, 0.2) is 0 Å². The first-order chi connectivity index (χ1) is 8.10. The molecule has 17 heavy (non-hydrogen) atoms. The smallest absolute Gasteiger partial charge is 0.308 e. The minimum Gasteiger partial charge on any atom is -0.481 e. The molecule has 1 aromatic rings. The van der Waals surface area contributed by atoms with E-state index in [-0.39, 0.29) is 11.3 Å². The zero-order valence-electron chi connectivity index (χ0n) is 10.4. The molecular weight excluding hydrogens is 214 g/mol. The van der Waals surface area contributed by atoms with Gasteiger partial charge in [-0.25, -0.2) is 0 Å². The maximum atomic E-state index is 11.4. The summed E-state index contributed by atoms with van der Waals surface area (Å²) in [5.74, 6) is -1.02. The highest BCUT2D eigenvalue weighted by molar-refractivity contribution is 5.73. The van der Waals surface area contributed by atoms with E-state index in [1.165, 1.54) is 5.56 Å². The van der Waals surface area contributed by atoms with Crippen molar-refractivity contribution in [3.8, 4) is 0 Å². The average molecular weight is 233 g/mol. The lowest BCUT2D eigenvalue weighted by atomic mass is 9.70. The number of aryl methyl sites for hydroxylation is 1. The Bertz CT molecular complexity index is 413. The van der Waals surface area contributed by atoms with Crippen molar-refractivity contribution in [1.29, 1.82) is 0 Å². The van der Waals surface area contributed by atoms with Crippen LogP contribution in [0.3, 0.4) is 0 Å². The van der Waals surface area contributed by atoms with Crippen molar-refractivity contribution in [3.05, 3.63) is 35.4 Å². The van der Waals surface area contributed by atoms with E-state index in [0.717, 1.165) is 18.5 Å². The molecule has 1 aliphatic heterocycles. The molecule has 92 valence electrons. The average Bonchev–Trinajstić information content (AvgIpc) is 2.75. The van der Waals surface area contributed by atoms with Crippen LogP contribution in [0.25, 0.3) is 0 Å². The van der Waals surface area contributed by atoms with Gasteiger partial charge in [-0.1, -0.05) is 36.8 Å². The maximum absolute atomic E-state index is 11.4. The molecule has 0 aliphatic carbocycles. The van der Waals surface area contributed by atoms with Crippen LogP contribution in [-0.2, 0) is 10.2 Å². The van der Waals surface area contributed by atoms with Gasteiger partial charge in [0.25, 0.3) is 0 Å². The quantitative estimate of drug-likeness (QED) is 0.839. The van der Waals surface area contributed by atoms with Gasteiger partial charge in [0.05, 0.1) is 5.92 Å². The van der Waals surface area contributed by atoms with Crippen molar-refractivity contribution in [2.75, 3.05) is 13.1 Å². The molecular formula is C14H19NO2. The van der Waals surface area contributed by atoms with Crippen molar-refractivity contribution < 1.29 is 9.90 Å². The third kappa shape index (κ3) is 1.95. The van der Waals surface area contributed by atoms with Gasteiger partial charge in [0.2, 0.25) is 0 Å². The zero-order chi connectivity index (χ0) is 12.5. The molecule has 0 amide bonds. The van der Waals surface area contributed by atoms with Crippen LogP contribution in [-0.4, -0.2) is 24.2 Å². The van der Waals surface area contributed by atoms with Crippen molar-refractivity contribution in [2.45, 2.75) is 25.7 Å². The molecule has 3 nitrogen and oxygen atoms in total.